The van der Waals surface area contributed by atoms with Crippen molar-refractivity contribution < 1.29 is 24.0 Å². The molecule has 0 aliphatic carbocycles. The zero-order chi connectivity index (χ0) is 17.8. The van der Waals surface area contributed by atoms with Crippen LogP contribution in [0.2, 0.25) is 0 Å². The summed E-state index contributed by atoms with van der Waals surface area (Å²) in [7, 11) is -1.02. The van der Waals surface area contributed by atoms with Gasteiger partial charge in [0.2, 0.25) is 0 Å². The normalized spacial score (nSPS) is 12.6. The summed E-state index contributed by atoms with van der Waals surface area (Å²) in [5.41, 5.74) is 3.42. The van der Waals surface area contributed by atoms with Gasteiger partial charge in [0.05, 0.1) is 6.61 Å². The Balaban J connectivity index is 1.56. The SMILES string of the molecule is Cc1c(C(=O)NCC(=O)OCc2ccccc2)ccc2c1B(O)OC2. The highest BCUT2D eigenvalue weighted by molar-refractivity contribution is 6.62. The molecule has 0 saturated heterocycles. The number of carbonyl (C=O) groups is 2. The molecule has 0 bridgehead atoms. The predicted octanol–water partition coefficient (Wildman–Crippen LogP) is 0.686. The number of rotatable bonds is 5. The third-order valence-electron chi connectivity index (χ3n) is 4.13. The average Bonchev–Trinajstić information content (AvgIpc) is 3.01. The molecule has 0 aromatic heterocycles. The van der Waals surface area contributed by atoms with E-state index in [-0.39, 0.29) is 13.2 Å². The molecule has 7 heteroatoms. The highest BCUT2D eigenvalue weighted by atomic mass is 16.5. The number of esters is 1. The molecule has 2 aromatic rings. The van der Waals surface area contributed by atoms with E-state index >= 15 is 0 Å². The van der Waals surface area contributed by atoms with Crippen molar-refractivity contribution in [2.75, 3.05) is 6.54 Å². The molecule has 25 heavy (non-hydrogen) atoms. The molecule has 1 heterocycles. The second-order valence-corrected chi connectivity index (χ2v) is 5.80. The standard InChI is InChI=1S/C18H18BNO5/c1-12-15(8-7-14-11-25-19(23)17(12)14)18(22)20-9-16(21)24-10-13-5-3-2-4-6-13/h2-8,23H,9-11H2,1H3,(H,20,22). The van der Waals surface area contributed by atoms with Crippen molar-refractivity contribution >= 4 is 24.5 Å². The maximum absolute atomic E-state index is 12.3. The summed E-state index contributed by atoms with van der Waals surface area (Å²) in [5, 5.41) is 12.4. The van der Waals surface area contributed by atoms with Crippen molar-refractivity contribution in [3.8, 4) is 0 Å². The van der Waals surface area contributed by atoms with E-state index in [2.05, 4.69) is 5.32 Å². The van der Waals surface area contributed by atoms with Crippen LogP contribution in [0.1, 0.15) is 27.0 Å². The lowest BCUT2D eigenvalue weighted by Gasteiger charge is -2.11. The van der Waals surface area contributed by atoms with Gasteiger partial charge in [0, 0.05) is 5.56 Å². The summed E-state index contributed by atoms with van der Waals surface area (Å²) in [5.74, 6) is -0.907. The van der Waals surface area contributed by atoms with Crippen LogP contribution in [0.15, 0.2) is 42.5 Å². The Morgan fingerprint density at radius 3 is 2.76 bits per heavy atom. The molecule has 0 saturated carbocycles. The smallest absolute Gasteiger partial charge is 0.460 e. The minimum Gasteiger partial charge on any atom is -0.460 e. The fourth-order valence-electron chi connectivity index (χ4n) is 2.79. The lowest BCUT2D eigenvalue weighted by atomic mass is 9.75. The van der Waals surface area contributed by atoms with E-state index in [0.29, 0.717) is 23.2 Å². The highest BCUT2D eigenvalue weighted by Gasteiger charge is 2.31. The van der Waals surface area contributed by atoms with Gasteiger partial charge in [0.25, 0.3) is 5.91 Å². The monoisotopic (exact) mass is 339 g/mol. The van der Waals surface area contributed by atoms with Crippen molar-refractivity contribution in [2.24, 2.45) is 0 Å². The molecule has 128 valence electrons. The molecule has 2 aromatic carbocycles. The topological polar surface area (TPSA) is 84.9 Å². The minimum atomic E-state index is -1.02. The van der Waals surface area contributed by atoms with Crippen molar-refractivity contribution in [1.82, 2.24) is 5.32 Å². The molecular formula is C18H18BNO5. The molecule has 3 rings (SSSR count). The van der Waals surface area contributed by atoms with Gasteiger partial charge in [-0.1, -0.05) is 36.4 Å². The van der Waals surface area contributed by atoms with Crippen LogP contribution >= 0.6 is 0 Å². The van der Waals surface area contributed by atoms with Crippen LogP contribution in [0.25, 0.3) is 0 Å². The molecule has 1 amide bonds. The molecule has 0 unspecified atom stereocenters. The summed E-state index contributed by atoms with van der Waals surface area (Å²) in [6.45, 7) is 2.02. The number of carbonyl (C=O) groups excluding carboxylic acids is 2. The van der Waals surface area contributed by atoms with Crippen LogP contribution < -0.4 is 10.8 Å². The Hall–Kier alpha value is -2.64. The van der Waals surface area contributed by atoms with Gasteiger partial charge < -0.3 is 19.7 Å². The molecule has 0 atom stereocenters. The Bertz CT molecular complexity index is 794. The van der Waals surface area contributed by atoms with E-state index in [1.54, 1.807) is 19.1 Å². The molecule has 0 spiro atoms. The van der Waals surface area contributed by atoms with Gasteiger partial charge >= 0.3 is 13.1 Å². The van der Waals surface area contributed by atoms with Gasteiger partial charge in [-0.15, -0.1) is 0 Å². The second-order valence-electron chi connectivity index (χ2n) is 5.80. The number of ether oxygens (including phenoxy) is 1. The van der Waals surface area contributed by atoms with Crippen LogP contribution in [0.4, 0.5) is 0 Å². The third-order valence-corrected chi connectivity index (χ3v) is 4.13. The van der Waals surface area contributed by atoms with Crippen molar-refractivity contribution in [3.63, 3.8) is 0 Å². The van der Waals surface area contributed by atoms with Gasteiger partial charge in [0.15, 0.2) is 0 Å². The Kier molecular flexibility index (Phi) is 5.16. The number of hydrogen-bond acceptors (Lipinski definition) is 5. The molecule has 0 radical (unpaired) electrons. The van der Waals surface area contributed by atoms with E-state index < -0.39 is 19.0 Å². The Morgan fingerprint density at radius 1 is 1.24 bits per heavy atom. The zero-order valence-electron chi connectivity index (χ0n) is 13.8. The quantitative estimate of drug-likeness (QED) is 0.618. The average molecular weight is 339 g/mol. The van der Waals surface area contributed by atoms with E-state index in [4.69, 9.17) is 9.39 Å². The Morgan fingerprint density at radius 2 is 2.00 bits per heavy atom. The minimum absolute atomic E-state index is 0.164. The van der Waals surface area contributed by atoms with Crippen molar-refractivity contribution in [3.05, 3.63) is 64.7 Å². The second kappa shape index (κ2) is 7.50. The highest BCUT2D eigenvalue weighted by Crippen LogP contribution is 2.16. The maximum atomic E-state index is 12.3. The maximum Gasteiger partial charge on any atom is 0.492 e. The number of fused-ring (bicyclic) bond motifs is 1. The number of nitrogens with one attached hydrogen (secondary N) is 1. The van der Waals surface area contributed by atoms with Gasteiger partial charge in [-0.3, -0.25) is 9.59 Å². The zero-order valence-corrected chi connectivity index (χ0v) is 13.8. The first kappa shape index (κ1) is 17.2. The Labute approximate surface area is 145 Å². The number of hydrogen-bond donors (Lipinski definition) is 2. The molecule has 1 aliphatic heterocycles. The van der Waals surface area contributed by atoms with Crippen molar-refractivity contribution in [1.29, 1.82) is 0 Å². The fraction of sp³-hybridized carbons (Fsp3) is 0.222. The van der Waals surface area contributed by atoms with Gasteiger partial charge in [-0.25, -0.2) is 0 Å². The fourth-order valence-corrected chi connectivity index (χ4v) is 2.79. The lowest BCUT2D eigenvalue weighted by molar-refractivity contribution is -0.143. The first-order valence-corrected chi connectivity index (χ1v) is 7.96. The van der Waals surface area contributed by atoms with Crippen LogP contribution in [0.5, 0.6) is 0 Å². The molecular weight excluding hydrogens is 321 g/mol. The van der Waals surface area contributed by atoms with Gasteiger partial charge in [-0.05, 0) is 35.1 Å². The molecule has 6 nitrogen and oxygen atoms in total. The van der Waals surface area contributed by atoms with Crippen LogP contribution in [-0.2, 0) is 27.4 Å². The summed E-state index contributed by atoms with van der Waals surface area (Å²) >= 11 is 0. The van der Waals surface area contributed by atoms with Gasteiger partial charge in [0.1, 0.15) is 13.2 Å². The molecule has 1 aliphatic rings. The van der Waals surface area contributed by atoms with Crippen LogP contribution in [0.3, 0.4) is 0 Å². The third kappa shape index (κ3) is 3.89. The molecule has 0 fully saturated rings. The summed E-state index contributed by atoms with van der Waals surface area (Å²) < 4.78 is 10.3. The largest absolute Gasteiger partial charge is 0.492 e. The summed E-state index contributed by atoms with van der Waals surface area (Å²) in [4.78, 5) is 24.1. The van der Waals surface area contributed by atoms with Crippen LogP contribution in [0, 0.1) is 6.92 Å². The number of amides is 1. The first-order valence-electron chi connectivity index (χ1n) is 7.96. The predicted molar refractivity (Wildman–Crippen MR) is 92.1 cm³/mol. The lowest BCUT2D eigenvalue weighted by Crippen LogP contribution is -2.35. The first-order chi connectivity index (χ1) is 12.1. The number of benzene rings is 2. The van der Waals surface area contributed by atoms with Crippen LogP contribution in [-0.4, -0.2) is 30.6 Å². The van der Waals surface area contributed by atoms with E-state index in [9.17, 15) is 14.6 Å². The van der Waals surface area contributed by atoms with Gasteiger partial charge in [-0.2, -0.15) is 0 Å². The van der Waals surface area contributed by atoms with E-state index in [0.717, 1.165) is 11.1 Å². The van der Waals surface area contributed by atoms with E-state index in [1.807, 2.05) is 30.3 Å². The molecule has 2 N–H and O–H groups in total. The summed E-state index contributed by atoms with van der Waals surface area (Å²) in [6.07, 6.45) is 0. The summed E-state index contributed by atoms with van der Waals surface area (Å²) in [6, 6.07) is 12.7. The van der Waals surface area contributed by atoms with E-state index in [1.165, 1.54) is 0 Å². The van der Waals surface area contributed by atoms with Crippen molar-refractivity contribution in [2.45, 2.75) is 20.1 Å².